The van der Waals surface area contributed by atoms with Gasteiger partial charge in [0.25, 0.3) is 0 Å². The number of alkyl halides is 3. The molecule has 0 aliphatic carbocycles. The first-order chi connectivity index (χ1) is 15.9. The second-order valence-electron chi connectivity index (χ2n) is 7.73. The number of nitrogens with zero attached hydrogens (tertiary/aromatic N) is 2. The van der Waals surface area contributed by atoms with Gasteiger partial charge in [-0.2, -0.15) is 18.2 Å². The molecule has 0 unspecified atom stereocenters. The van der Waals surface area contributed by atoms with Crippen LogP contribution in [0.2, 0.25) is 0 Å². The third kappa shape index (κ3) is 7.37. The number of ether oxygens (including phenoxy) is 1. The number of hydrogen-bond donors (Lipinski definition) is 2. The Hall–Kier alpha value is -3.29. The predicted octanol–water partition coefficient (Wildman–Crippen LogP) is 7.50. The van der Waals surface area contributed by atoms with E-state index in [0.717, 1.165) is 31.9 Å². The summed E-state index contributed by atoms with van der Waals surface area (Å²) in [6.45, 7) is 4.74. The minimum atomic E-state index is -4.59. The summed E-state index contributed by atoms with van der Waals surface area (Å²) < 4.78 is 46.1. The summed E-state index contributed by atoms with van der Waals surface area (Å²) in [5.41, 5.74) is 1.45. The molecule has 2 aromatic carbocycles. The van der Waals surface area contributed by atoms with Crippen LogP contribution in [0.1, 0.15) is 50.7 Å². The Kier molecular flexibility index (Phi) is 8.52. The molecule has 0 radical (unpaired) electrons. The van der Waals surface area contributed by atoms with Gasteiger partial charge < -0.3 is 15.4 Å². The molecule has 0 aliphatic heterocycles. The molecule has 2 N–H and O–H groups in total. The van der Waals surface area contributed by atoms with Crippen LogP contribution < -0.4 is 15.4 Å². The molecule has 33 heavy (non-hydrogen) atoms. The standard InChI is InChI=1S/C25H29F3N4O/c1-3-5-6-7-18-8-10-20(11-9-18)31-24-29-17-22(25(26,27)28)23(32-24)30-19-12-14-21(15-13-19)33-16-4-2/h8-15,17H,3-7,16H2,1-2H3,(H2,29,30,31,32). The first-order valence-corrected chi connectivity index (χ1v) is 11.2. The van der Waals surface area contributed by atoms with Gasteiger partial charge in [-0.3, -0.25) is 0 Å². The van der Waals surface area contributed by atoms with Crippen LogP contribution in [0.4, 0.5) is 36.3 Å². The smallest absolute Gasteiger partial charge is 0.421 e. The van der Waals surface area contributed by atoms with E-state index in [1.54, 1.807) is 24.3 Å². The van der Waals surface area contributed by atoms with Crippen LogP contribution in [0.15, 0.2) is 54.7 Å². The summed E-state index contributed by atoms with van der Waals surface area (Å²) in [5.74, 6) is 0.409. The molecule has 3 rings (SSSR count). The molecule has 0 bridgehead atoms. The van der Waals surface area contributed by atoms with Crippen molar-refractivity contribution < 1.29 is 17.9 Å². The van der Waals surface area contributed by atoms with Crippen molar-refractivity contribution in [3.63, 3.8) is 0 Å². The Labute approximate surface area is 192 Å². The van der Waals surface area contributed by atoms with E-state index in [0.29, 0.717) is 23.7 Å². The molecular formula is C25H29F3N4O. The monoisotopic (exact) mass is 458 g/mol. The highest BCUT2D eigenvalue weighted by molar-refractivity contribution is 5.63. The quantitative estimate of drug-likeness (QED) is 0.291. The zero-order chi connectivity index (χ0) is 23.7. The summed E-state index contributed by atoms with van der Waals surface area (Å²) in [6.07, 6.45) is 1.54. The van der Waals surface area contributed by atoms with E-state index in [9.17, 15) is 13.2 Å². The van der Waals surface area contributed by atoms with E-state index >= 15 is 0 Å². The fourth-order valence-corrected chi connectivity index (χ4v) is 3.20. The third-order valence-electron chi connectivity index (χ3n) is 4.96. The van der Waals surface area contributed by atoms with Crippen LogP contribution in [0.5, 0.6) is 5.75 Å². The van der Waals surface area contributed by atoms with Gasteiger partial charge in [0, 0.05) is 17.6 Å². The van der Waals surface area contributed by atoms with E-state index in [2.05, 4.69) is 27.5 Å². The van der Waals surface area contributed by atoms with E-state index in [-0.39, 0.29) is 11.8 Å². The molecule has 0 amide bonds. The maximum atomic E-state index is 13.5. The second kappa shape index (κ2) is 11.5. The lowest BCUT2D eigenvalue weighted by molar-refractivity contribution is -0.137. The van der Waals surface area contributed by atoms with Gasteiger partial charge in [0.15, 0.2) is 0 Å². The molecule has 1 heterocycles. The van der Waals surface area contributed by atoms with Crippen LogP contribution in [-0.4, -0.2) is 16.6 Å². The normalized spacial score (nSPS) is 11.3. The first-order valence-electron chi connectivity index (χ1n) is 11.2. The van der Waals surface area contributed by atoms with Crippen molar-refractivity contribution in [2.24, 2.45) is 0 Å². The number of aromatic nitrogens is 2. The van der Waals surface area contributed by atoms with Gasteiger partial charge in [-0.15, -0.1) is 0 Å². The molecule has 0 saturated carbocycles. The number of aryl methyl sites for hydroxylation is 1. The van der Waals surface area contributed by atoms with E-state index in [4.69, 9.17) is 4.74 Å². The lowest BCUT2D eigenvalue weighted by atomic mass is 10.1. The molecule has 0 fully saturated rings. The average molecular weight is 459 g/mol. The highest BCUT2D eigenvalue weighted by atomic mass is 19.4. The molecule has 176 valence electrons. The zero-order valence-corrected chi connectivity index (χ0v) is 18.9. The predicted molar refractivity (Wildman–Crippen MR) is 125 cm³/mol. The third-order valence-corrected chi connectivity index (χ3v) is 4.96. The van der Waals surface area contributed by atoms with E-state index in [1.165, 1.54) is 12.0 Å². The van der Waals surface area contributed by atoms with Crippen molar-refractivity contribution in [2.45, 2.75) is 52.1 Å². The maximum absolute atomic E-state index is 13.5. The highest BCUT2D eigenvalue weighted by Gasteiger charge is 2.35. The van der Waals surface area contributed by atoms with Crippen molar-refractivity contribution in [1.82, 2.24) is 9.97 Å². The molecule has 0 aliphatic rings. The Morgan fingerprint density at radius 2 is 1.52 bits per heavy atom. The minimum Gasteiger partial charge on any atom is -0.494 e. The van der Waals surface area contributed by atoms with Gasteiger partial charge in [-0.25, -0.2) is 4.98 Å². The highest BCUT2D eigenvalue weighted by Crippen LogP contribution is 2.35. The molecule has 0 atom stereocenters. The van der Waals surface area contributed by atoms with Gasteiger partial charge in [-0.1, -0.05) is 38.8 Å². The maximum Gasteiger partial charge on any atom is 0.421 e. The molecule has 1 aromatic heterocycles. The number of nitrogens with one attached hydrogen (secondary N) is 2. The lowest BCUT2D eigenvalue weighted by Gasteiger charge is -2.15. The van der Waals surface area contributed by atoms with Gasteiger partial charge >= 0.3 is 6.18 Å². The van der Waals surface area contributed by atoms with Crippen LogP contribution in [0, 0.1) is 0 Å². The van der Waals surface area contributed by atoms with Crippen LogP contribution in [-0.2, 0) is 12.6 Å². The van der Waals surface area contributed by atoms with Crippen molar-refractivity contribution in [3.8, 4) is 5.75 Å². The summed E-state index contributed by atoms with van der Waals surface area (Å²) >= 11 is 0. The van der Waals surface area contributed by atoms with Crippen molar-refractivity contribution in [1.29, 1.82) is 0 Å². The van der Waals surface area contributed by atoms with Gasteiger partial charge in [0.2, 0.25) is 5.95 Å². The Balaban J connectivity index is 1.76. The number of benzene rings is 2. The van der Waals surface area contributed by atoms with Crippen molar-refractivity contribution in [3.05, 3.63) is 65.9 Å². The van der Waals surface area contributed by atoms with Crippen LogP contribution in [0.3, 0.4) is 0 Å². The summed E-state index contributed by atoms with van der Waals surface area (Å²) in [7, 11) is 0. The van der Waals surface area contributed by atoms with Gasteiger partial charge in [0.05, 0.1) is 6.61 Å². The summed E-state index contributed by atoms with van der Waals surface area (Å²) in [5, 5.41) is 5.75. The fourth-order valence-electron chi connectivity index (χ4n) is 3.20. The lowest BCUT2D eigenvalue weighted by Crippen LogP contribution is -2.12. The minimum absolute atomic E-state index is 0.0760. The topological polar surface area (TPSA) is 59.1 Å². The van der Waals surface area contributed by atoms with E-state index < -0.39 is 11.7 Å². The zero-order valence-electron chi connectivity index (χ0n) is 18.9. The fraction of sp³-hybridized carbons (Fsp3) is 0.360. The number of halogens is 3. The summed E-state index contributed by atoms with van der Waals surface area (Å²) in [4.78, 5) is 7.97. The Morgan fingerprint density at radius 3 is 2.15 bits per heavy atom. The largest absolute Gasteiger partial charge is 0.494 e. The van der Waals surface area contributed by atoms with Crippen LogP contribution >= 0.6 is 0 Å². The molecule has 8 heteroatoms. The number of unbranched alkanes of at least 4 members (excludes halogenated alkanes) is 2. The average Bonchev–Trinajstić information content (AvgIpc) is 2.79. The number of rotatable bonds is 11. The van der Waals surface area contributed by atoms with Crippen LogP contribution in [0.25, 0.3) is 0 Å². The van der Waals surface area contributed by atoms with Gasteiger partial charge in [0.1, 0.15) is 17.1 Å². The van der Waals surface area contributed by atoms with E-state index in [1.807, 2.05) is 31.2 Å². The molecule has 0 spiro atoms. The number of hydrogen-bond acceptors (Lipinski definition) is 5. The second-order valence-corrected chi connectivity index (χ2v) is 7.73. The molecule has 0 saturated heterocycles. The number of anilines is 4. The Morgan fingerprint density at radius 1 is 0.848 bits per heavy atom. The Bertz CT molecular complexity index is 1010. The molecule has 3 aromatic rings. The van der Waals surface area contributed by atoms with Gasteiger partial charge in [-0.05, 0) is 61.2 Å². The SMILES string of the molecule is CCCCCc1ccc(Nc2ncc(C(F)(F)F)c(Nc3ccc(OCCC)cc3)n2)cc1. The molecular weight excluding hydrogens is 429 g/mol. The first kappa shape index (κ1) is 24.4. The molecule has 5 nitrogen and oxygen atoms in total. The summed E-state index contributed by atoms with van der Waals surface area (Å²) in [6, 6.07) is 14.5. The van der Waals surface area contributed by atoms with Crippen molar-refractivity contribution >= 4 is 23.1 Å². The van der Waals surface area contributed by atoms with Crippen molar-refractivity contribution in [2.75, 3.05) is 17.2 Å².